The smallest absolute Gasteiger partial charge is 0.224 e. The van der Waals surface area contributed by atoms with E-state index in [1.165, 1.54) is 0 Å². The predicted molar refractivity (Wildman–Crippen MR) is 109 cm³/mol. The van der Waals surface area contributed by atoms with Crippen LogP contribution >= 0.6 is 0 Å². The highest BCUT2D eigenvalue weighted by Crippen LogP contribution is 2.25. The van der Waals surface area contributed by atoms with Crippen molar-refractivity contribution in [1.29, 1.82) is 0 Å². The minimum atomic E-state index is -0.0968. The first-order chi connectivity index (χ1) is 13.6. The zero-order valence-electron chi connectivity index (χ0n) is 17.3. The molecule has 1 N–H and O–H groups in total. The molecule has 2 saturated heterocycles. The maximum atomic E-state index is 14.1. The number of carbonyl (C=O) groups is 1. The van der Waals surface area contributed by atoms with E-state index in [0.29, 0.717) is 25.7 Å². The lowest BCUT2D eigenvalue weighted by Gasteiger charge is -2.42. The van der Waals surface area contributed by atoms with Gasteiger partial charge < -0.3 is 10.1 Å². The number of carbonyl (C=O) groups excluding carboxylic acids is 1. The number of piperidine rings is 2. The van der Waals surface area contributed by atoms with Gasteiger partial charge in [-0.25, -0.2) is 4.39 Å². The molecule has 1 aromatic rings. The van der Waals surface area contributed by atoms with Crippen LogP contribution in [0, 0.1) is 18.7 Å². The number of rotatable bonds is 7. The summed E-state index contributed by atoms with van der Waals surface area (Å²) >= 11 is 0. The topological polar surface area (TPSA) is 44.8 Å². The van der Waals surface area contributed by atoms with Crippen LogP contribution in [0.15, 0.2) is 18.2 Å². The summed E-state index contributed by atoms with van der Waals surface area (Å²) in [6.07, 6.45) is 4.23. The molecule has 0 aliphatic carbocycles. The zero-order chi connectivity index (χ0) is 19.9. The Balaban J connectivity index is 1.45. The summed E-state index contributed by atoms with van der Waals surface area (Å²) < 4.78 is 19.1. The van der Waals surface area contributed by atoms with Crippen LogP contribution in [-0.2, 0) is 16.1 Å². The number of nitrogens with zero attached hydrogens (tertiary/aromatic N) is 2. The Bertz CT molecular complexity index is 647. The number of halogens is 1. The lowest BCUT2D eigenvalue weighted by atomic mass is 9.93. The molecule has 2 heterocycles. The minimum Gasteiger partial charge on any atom is -0.383 e. The zero-order valence-corrected chi connectivity index (χ0v) is 17.3. The molecule has 0 spiro atoms. The second kappa shape index (κ2) is 10.3. The number of nitrogens with one attached hydrogen (secondary N) is 1. The summed E-state index contributed by atoms with van der Waals surface area (Å²) in [6.45, 7) is 7.65. The van der Waals surface area contributed by atoms with E-state index in [0.717, 1.165) is 63.0 Å². The lowest BCUT2D eigenvalue weighted by Crippen LogP contribution is -2.50. The average molecular weight is 392 g/mol. The van der Waals surface area contributed by atoms with Gasteiger partial charge in [0.1, 0.15) is 5.82 Å². The molecule has 3 rings (SSSR count). The third kappa shape index (κ3) is 5.75. The minimum absolute atomic E-state index is 0.0882. The number of likely N-dealkylation sites (tertiary alicyclic amines) is 2. The molecular formula is C22H34FN3O2. The maximum Gasteiger partial charge on any atom is 0.224 e. The van der Waals surface area contributed by atoms with Crippen LogP contribution in [0.5, 0.6) is 0 Å². The molecule has 1 unspecified atom stereocenters. The molecule has 6 heteroatoms. The highest BCUT2D eigenvalue weighted by Gasteiger charge is 2.31. The van der Waals surface area contributed by atoms with Crippen LogP contribution in [0.3, 0.4) is 0 Å². The fourth-order valence-electron chi connectivity index (χ4n) is 4.44. The lowest BCUT2D eigenvalue weighted by molar-refractivity contribution is -0.127. The van der Waals surface area contributed by atoms with Crippen LogP contribution in [0.2, 0.25) is 0 Å². The average Bonchev–Trinajstić information content (AvgIpc) is 2.71. The summed E-state index contributed by atoms with van der Waals surface area (Å²) in [5.41, 5.74) is 1.75. The summed E-state index contributed by atoms with van der Waals surface area (Å²) in [6, 6.07) is 6.05. The van der Waals surface area contributed by atoms with E-state index in [9.17, 15) is 9.18 Å². The van der Waals surface area contributed by atoms with E-state index in [1.807, 2.05) is 19.1 Å². The number of hydrogen-bond acceptors (Lipinski definition) is 4. The Morgan fingerprint density at radius 3 is 2.75 bits per heavy atom. The second-order valence-corrected chi connectivity index (χ2v) is 8.22. The van der Waals surface area contributed by atoms with Crippen molar-refractivity contribution in [3.8, 4) is 0 Å². The first kappa shape index (κ1) is 21.2. The SMILES string of the molecule is COCCNC(=O)C1CCCN(C2CCN(Cc3ccc(C)cc3F)CC2)C1. The van der Waals surface area contributed by atoms with Gasteiger partial charge in [-0.05, 0) is 63.9 Å². The predicted octanol–water partition coefficient (Wildman–Crippen LogP) is 2.57. The van der Waals surface area contributed by atoms with Gasteiger partial charge in [-0.3, -0.25) is 14.6 Å². The van der Waals surface area contributed by atoms with Crippen molar-refractivity contribution in [3.05, 3.63) is 35.1 Å². The second-order valence-electron chi connectivity index (χ2n) is 8.22. The van der Waals surface area contributed by atoms with Gasteiger partial charge in [0.25, 0.3) is 0 Å². The Kier molecular flexibility index (Phi) is 7.82. The largest absolute Gasteiger partial charge is 0.383 e. The van der Waals surface area contributed by atoms with Crippen LogP contribution in [0.1, 0.15) is 36.8 Å². The third-order valence-electron chi connectivity index (χ3n) is 6.11. The Hall–Kier alpha value is -1.50. The fraction of sp³-hybridized carbons (Fsp3) is 0.682. The molecule has 1 atom stereocenters. The molecule has 0 aromatic heterocycles. The van der Waals surface area contributed by atoms with Crippen LogP contribution in [0.25, 0.3) is 0 Å². The number of amides is 1. The van der Waals surface area contributed by atoms with Gasteiger partial charge in [-0.2, -0.15) is 0 Å². The van der Waals surface area contributed by atoms with Crippen molar-refractivity contribution < 1.29 is 13.9 Å². The molecule has 156 valence electrons. The van der Waals surface area contributed by atoms with E-state index >= 15 is 0 Å². The Morgan fingerprint density at radius 1 is 1.25 bits per heavy atom. The molecule has 5 nitrogen and oxygen atoms in total. The molecule has 0 saturated carbocycles. The highest BCUT2D eigenvalue weighted by atomic mass is 19.1. The number of methoxy groups -OCH3 is 1. The normalized spacial score (nSPS) is 22.3. The molecule has 2 fully saturated rings. The van der Waals surface area contributed by atoms with Gasteiger partial charge in [-0.15, -0.1) is 0 Å². The summed E-state index contributed by atoms with van der Waals surface area (Å²) in [5.74, 6) is 0.153. The first-order valence-corrected chi connectivity index (χ1v) is 10.5. The maximum absolute atomic E-state index is 14.1. The van der Waals surface area contributed by atoms with Gasteiger partial charge in [0.2, 0.25) is 5.91 Å². The third-order valence-corrected chi connectivity index (χ3v) is 6.11. The van der Waals surface area contributed by atoms with Crippen molar-refractivity contribution in [2.24, 2.45) is 5.92 Å². The molecule has 2 aliphatic heterocycles. The molecule has 1 aromatic carbocycles. The molecule has 1 amide bonds. The van der Waals surface area contributed by atoms with Crippen LogP contribution < -0.4 is 5.32 Å². The summed E-state index contributed by atoms with van der Waals surface area (Å²) in [4.78, 5) is 17.2. The van der Waals surface area contributed by atoms with Gasteiger partial charge in [-0.1, -0.05) is 12.1 Å². The number of ether oxygens (including phenoxy) is 1. The molecule has 0 bridgehead atoms. The van der Waals surface area contributed by atoms with E-state index < -0.39 is 0 Å². The van der Waals surface area contributed by atoms with Gasteiger partial charge in [0, 0.05) is 38.3 Å². The molecule has 28 heavy (non-hydrogen) atoms. The van der Waals surface area contributed by atoms with Crippen molar-refractivity contribution in [2.75, 3.05) is 46.4 Å². The van der Waals surface area contributed by atoms with Crippen molar-refractivity contribution in [3.63, 3.8) is 0 Å². The number of aryl methyl sites for hydroxylation is 1. The van der Waals surface area contributed by atoms with Crippen LogP contribution in [0.4, 0.5) is 4.39 Å². The quantitative estimate of drug-likeness (QED) is 0.726. The number of hydrogen-bond donors (Lipinski definition) is 1. The monoisotopic (exact) mass is 391 g/mol. The van der Waals surface area contributed by atoms with Gasteiger partial charge in [0.15, 0.2) is 0 Å². The van der Waals surface area contributed by atoms with Crippen LogP contribution in [-0.4, -0.2) is 68.2 Å². The summed E-state index contributed by atoms with van der Waals surface area (Å²) in [7, 11) is 1.65. The van der Waals surface area contributed by atoms with Gasteiger partial charge >= 0.3 is 0 Å². The molecule has 2 aliphatic rings. The Labute approximate surface area is 168 Å². The van der Waals surface area contributed by atoms with Crippen molar-refractivity contribution >= 4 is 5.91 Å². The molecule has 0 radical (unpaired) electrons. The fourth-order valence-corrected chi connectivity index (χ4v) is 4.44. The van der Waals surface area contributed by atoms with Crippen molar-refractivity contribution in [1.82, 2.24) is 15.1 Å². The number of benzene rings is 1. The van der Waals surface area contributed by atoms with E-state index in [1.54, 1.807) is 13.2 Å². The molecular weight excluding hydrogens is 357 g/mol. The van der Waals surface area contributed by atoms with E-state index in [4.69, 9.17) is 4.74 Å². The standard InChI is InChI=1S/C22H34FN3O2/c1-17-5-6-18(21(23)14-17)15-25-11-7-20(8-12-25)26-10-3-4-19(16-26)22(27)24-9-13-28-2/h5-6,14,19-20H,3-4,7-13,15-16H2,1-2H3,(H,24,27). The van der Waals surface area contributed by atoms with Gasteiger partial charge in [0.05, 0.1) is 12.5 Å². The highest BCUT2D eigenvalue weighted by molar-refractivity contribution is 5.78. The van der Waals surface area contributed by atoms with E-state index in [2.05, 4.69) is 15.1 Å². The first-order valence-electron chi connectivity index (χ1n) is 10.5. The van der Waals surface area contributed by atoms with Crippen molar-refractivity contribution in [2.45, 2.75) is 45.2 Å². The summed E-state index contributed by atoms with van der Waals surface area (Å²) in [5, 5.41) is 2.99. The van der Waals surface area contributed by atoms with E-state index in [-0.39, 0.29) is 17.6 Å². The Morgan fingerprint density at radius 2 is 2.04 bits per heavy atom.